The van der Waals surface area contributed by atoms with Crippen LogP contribution in [-0.4, -0.2) is 22.7 Å². The number of oxazole rings is 1. The first-order valence-corrected chi connectivity index (χ1v) is 9.10. The largest absolute Gasteiger partial charge is 0.451 e. The summed E-state index contributed by atoms with van der Waals surface area (Å²) in [4.78, 5) is 39.3. The molecule has 148 valence electrons. The van der Waals surface area contributed by atoms with E-state index in [1.807, 2.05) is 60.7 Å². The minimum absolute atomic E-state index is 0.0882. The lowest BCUT2D eigenvalue weighted by atomic mass is 10.0. The normalized spacial score (nSPS) is 11.7. The number of nitrogens with one attached hydrogen (secondary N) is 1. The molecule has 1 heterocycles. The SMILES string of the molecule is O=NC(C(=O)OC(c1ccccc1)c1ccccc1)c1coc(NC(=O)CCl)n1. The molecule has 0 fully saturated rings. The van der Waals surface area contributed by atoms with Crippen LogP contribution in [0.2, 0.25) is 0 Å². The van der Waals surface area contributed by atoms with Gasteiger partial charge in [-0.05, 0) is 16.3 Å². The average molecular weight is 414 g/mol. The van der Waals surface area contributed by atoms with Crippen molar-refractivity contribution in [2.45, 2.75) is 12.1 Å². The van der Waals surface area contributed by atoms with Crippen molar-refractivity contribution in [3.8, 4) is 0 Å². The first-order valence-electron chi connectivity index (χ1n) is 8.56. The number of halogens is 1. The van der Waals surface area contributed by atoms with E-state index in [1.165, 1.54) is 0 Å². The van der Waals surface area contributed by atoms with Crippen molar-refractivity contribution in [2.24, 2.45) is 5.18 Å². The second-order valence-electron chi connectivity index (χ2n) is 5.91. The molecule has 1 amide bonds. The van der Waals surface area contributed by atoms with Gasteiger partial charge in [0.15, 0.2) is 6.10 Å². The van der Waals surface area contributed by atoms with Crippen LogP contribution in [0.3, 0.4) is 0 Å². The molecule has 0 aliphatic rings. The number of esters is 1. The van der Waals surface area contributed by atoms with E-state index in [2.05, 4.69) is 15.5 Å². The van der Waals surface area contributed by atoms with Gasteiger partial charge in [0.1, 0.15) is 17.8 Å². The Morgan fingerprint density at radius 3 is 2.17 bits per heavy atom. The Balaban J connectivity index is 1.83. The highest BCUT2D eigenvalue weighted by atomic mass is 35.5. The molecule has 0 spiro atoms. The molecule has 3 aromatic rings. The second-order valence-corrected chi connectivity index (χ2v) is 6.17. The Hall–Kier alpha value is -3.52. The predicted octanol–water partition coefficient (Wildman–Crippen LogP) is 3.99. The van der Waals surface area contributed by atoms with Crippen molar-refractivity contribution in [2.75, 3.05) is 11.2 Å². The summed E-state index contributed by atoms with van der Waals surface area (Å²) in [6.07, 6.45) is 0.313. The molecule has 9 heteroatoms. The molecule has 0 radical (unpaired) electrons. The minimum Gasteiger partial charge on any atom is -0.451 e. The predicted molar refractivity (Wildman–Crippen MR) is 105 cm³/mol. The molecular weight excluding hydrogens is 398 g/mol. The van der Waals surface area contributed by atoms with Gasteiger partial charge in [-0.3, -0.25) is 10.1 Å². The standard InChI is InChI=1S/C20H16ClN3O5/c21-11-16(25)23-20-22-15(12-28-20)17(24-27)19(26)29-18(13-7-3-1-4-8-13)14-9-5-2-6-10-14/h1-10,12,17-18H,11H2,(H,22,23,25). The number of carbonyl (C=O) groups excluding carboxylic acids is 2. The summed E-state index contributed by atoms with van der Waals surface area (Å²) in [6, 6.07) is 16.4. The number of anilines is 1. The van der Waals surface area contributed by atoms with Gasteiger partial charge < -0.3 is 9.15 Å². The summed E-state index contributed by atoms with van der Waals surface area (Å²) < 4.78 is 10.7. The maximum absolute atomic E-state index is 12.7. The van der Waals surface area contributed by atoms with Gasteiger partial charge in [-0.25, -0.2) is 4.79 Å². The minimum atomic E-state index is -1.56. The van der Waals surface area contributed by atoms with E-state index < -0.39 is 24.0 Å². The van der Waals surface area contributed by atoms with Gasteiger partial charge >= 0.3 is 12.0 Å². The van der Waals surface area contributed by atoms with Crippen LogP contribution in [0.1, 0.15) is 29.0 Å². The zero-order chi connectivity index (χ0) is 20.6. The van der Waals surface area contributed by atoms with E-state index in [4.69, 9.17) is 20.8 Å². The van der Waals surface area contributed by atoms with E-state index in [1.54, 1.807) is 0 Å². The number of nitroso groups, excluding NO2 is 1. The number of hydrogen-bond donors (Lipinski definition) is 1. The Morgan fingerprint density at radius 2 is 1.66 bits per heavy atom. The molecule has 1 unspecified atom stereocenters. The molecule has 0 aliphatic carbocycles. The van der Waals surface area contributed by atoms with Gasteiger partial charge in [0, 0.05) is 0 Å². The molecule has 3 rings (SSSR count). The third-order valence-corrected chi connectivity index (χ3v) is 4.18. The fourth-order valence-electron chi connectivity index (χ4n) is 2.60. The Kier molecular flexibility index (Phi) is 6.70. The van der Waals surface area contributed by atoms with Gasteiger partial charge in [-0.15, -0.1) is 16.5 Å². The van der Waals surface area contributed by atoms with Gasteiger partial charge in [-0.2, -0.15) is 4.98 Å². The van der Waals surface area contributed by atoms with E-state index in [0.717, 1.165) is 17.4 Å². The van der Waals surface area contributed by atoms with Gasteiger partial charge in [0.05, 0.1) is 0 Å². The molecule has 0 aliphatic heterocycles. The molecule has 1 atom stereocenters. The first kappa shape index (κ1) is 20.2. The number of amides is 1. The van der Waals surface area contributed by atoms with Crippen LogP contribution < -0.4 is 5.32 Å². The topological polar surface area (TPSA) is 111 Å². The molecular formula is C20H16ClN3O5. The number of nitrogens with zero attached hydrogens (tertiary/aromatic N) is 2. The number of aromatic nitrogens is 1. The summed E-state index contributed by atoms with van der Waals surface area (Å²) in [5.41, 5.74) is 1.37. The van der Waals surface area contributed by atoms with Gasteiger partial charge in [-0.1, -0.05) is 60.7 Å². The highest BCUT2D eigenvalue weighted by molar-refractivity contribution is 6.28. The fraction of sp³-hybridized carbons (Fsp3) is 0.150. The molecule has 0 saturated carbocycles. The van der Waals surface area contributed by atoms with Crippen molar-refractivity contribution in [1.82, 2.24) is 4.98 Å². The molecule has 1 N–H and O–H groups in total. The Labute approximate surface area is 170 Å². The third kappa shape index (κ3) is 5.05. The summed E-state index contributed by atoms with van der Waals surface area (Å²) in [5, 5.41) is 5.10. The quantitative estimate of drug-likeness (QED) is 0.339. The average Bonchev–Trinajstić information content (AvgIpc) is 3.21. The molecule has 0 bridgehead atoms. The van der Waals surface area contributed by atoms with Crippen LogP contribution >= 0.6 is 11.6 Å². The van der Waals surface area contributed by atoms with Crippen LogP contribution in [-0.2, 0) is 14.3 Å². The second kappa shape index (κ2) is 9.61. The lowest BCUT2D eigenvalue weighted by molar-refractivity contribution is -0.149. The Bertz CT molecular complexity index is 939. The summed E-state index contributed by atoms with van der Waals surface area (Å²) in [7, 11) is 0. The third-order valence-electron chi connectivity index (χ3n) is 3.94. The van der Waals surface area contributed by atoms with E-state index >= 15 is 0 Å². The highest BCUT2D eigenvalue weighted by Crippen LogP contribution is 2.29. The number of benzene rings is 2. The van der Waals surface area contributed by atoms with Crippen LogP contribution in [0, 0.1) is 4.91 Å². The maximum Gasteiger partial charge on any atom is 0.341 e. The van der Waals surface area contributed by atoms with E-state index in [-0.39, 0.29) is 17.6 Å². The monoisotopic (exact) mass is 413 g/mol. The number of alkyl halides is 1. The Morgan fingerprint density at radius 1 is 1.07 bits per heavy atom. The van der Waals surface area contributed by atoms with Crippen molar-refractivity contribution >= 4 is 29.5 Å². The van der Waals surface area contributed by atoms with Crippen LogP contribution in [0.25, 0.3) is 0 Å². The van der Waals surface area contributed by atoms with Crippen LogP contribution in [0.15, 0.2) is 76.5 Å². The number of ether oxygens (including phenoxy) is 1. The lowest BCUT2D eigenvalue weighted by Crippen LogP contribution is -2.19. The van der Waals surface area contributed by atoms with E-state index in [9.17, 15) is 14.5 Å². The van der Waals surface area contributed by atoms with Crippen molar-refractivity contribution in [1.29, 1.82) is 0 Å². The number of carbonyl (C=O) groups is 2. The number of rotatable bonds is 8. The smallest absolute Gasteiger partial charge is 0.341 e. The first-order chi connectivity index (χ1) is 14.1. The summed E-state index contributed by atoms with van der Waals surface area (Å²) in [5.74, 6) is -1.75. The van der Waals surface area contributed by atoms with Crippen LogP contribution in [0.5, 0.6) is 0 Å². The van der Waals surface area contributed by atoms with Crippen LogP contribution in [0.4, 0.5) is 6.01 Å². The fourth-order valence-corrected chi connectivity index (χ4v) is 2.67. The van der Waals surface area contributed by atoms with Crippen molar-refractivity contribution in [3.05, 3.63) is 88.7 Å². The molecule has 29 heavy (non-hydrogen) atoms. The van der Waals surface area contributed by atoms with E-state index in [0.29, 0.717) is 0 Å². The van der Waals surface area contributed by atoms with Gasteiger partial charge in [0.25, 0.3) is 0 Å². The zero-order valence-corrected chi connectivity index (χ0v) is 15.8. The van der Waals surface area contributed by atoms with Gasteiger partial charge in [0.2, 0.25) is 11.9 Å². The van der Waals surface area contributed by atoms with Crippen molar-refractivity contribution < 1.29 is 18.7 Å². The molecule has 2 aromatic carbocycles. The molecule has 1 aromatic heterocycles. The molecule has 8 nitrogen and oxygen atoms in total. The summed E-state index contributed by atoms with van der Waals surface area (Å²) in [6.45, 7) is 0. The number of hydrogen-bond acceptors (Lipinski definition) is 7. The maximum atomic E-state index is 12.7. The summed E-state index contributed by atoms with van der Waals surface area (Å²) >= 11 is 5.40. The zero-order valence-electron chi connectivity index (χ0n) is 15.0. The highest BCUT2D eigenvalue weighted by Gasteiger charge is 2.30. The lowest BCUT2D eigenvalue weighted by Gasteiger charge is -2.19. The molecule has 0 saturated heterocycles. The van der Waals surface area contributed by atoms with Crippen molar-refractivity contribution in [3.63, 3.8) is 0 Å².